The number of benzene rings is 1. The van der Waals surface area contributed by atoms with Crippen LogP contribution in [0.3, 0.4) is 0 Å². The van der Waals surface area contributed by atoms with Gasteiger partial charge in [-0.15, -0.1) is 0 Å². The molecule has 0 radical (unpaired) electrons. The van der Waals surface area contributed by atoms with Crippen LogP contribution < -0.4 is 5.32 Å². The zero-order valence-electron chi connectivity index (χ0n) is 15.1. The summed E-state index contributed by atoms with van der Waals surface area (Å²) in [4.78, 5) is 39.6. The predicted molar refractivity (Wildman–Crippen MR) is 93.4 cm³/mol. The van der Waals surface area contributed by atoms with Crippen LogP contribution in [0.4, 0.5) is 4.39 Å². The molecule has 2 saturated heterocycles. The van der Waals surface area contributed by atoms with E-state index in [1.165, 1.54) is 13.0 Å². The Morgan fingerprint density at radius 2 is 2.08 bits per heavy atom. The van der Waals surface area contributed by atoms with E-state index in [9.17, 15) is 18.8 Å². The third-order valence-electron chi connectivity index (χ3n) is 5.60. The predicted octanol–water partition coefficient (Wildman–Crippen LogP) is 1.44. The van der Waals surface area contributed by atoms with Gasteiger partial charge in [-0.3, -0.25) is 14.4 Å². The molecule has 2 fully saturated rings. The number of likely N-dealkylation sites (tertiary alicyclic amines) is 2. The van der Waals surface area contributed by atoms with Crippen LogP contribution >= 0.6 is 0 Å². The number of nitrogens with one attached hydrogen (secondary N) is 1. The van der Waals surface area contributed by atoms with Gasteiger partial charge in [0.25, 0.3) is 0 Å². The molecule has 2 aliphatic rings. The van der Waals surface area contributed by atoms with Crippen molar-refractivity contribution in [3.63, 3.8) is 0 Å². The van der Waals surface area contributed by atoms with Crippen LogP contribution in [0.25, 0.3) is 0 Å². The van der Waals surface area contributed by atoms with Gasteiger partial charge in [-0.25, -0.2) is 4.39 Å². The van der Waals surface area contributed by atoms with Gasteiger partial charge in [0, 0.05) is 32.0 Å². The molecule has 140 valence electrons. The topological polar surface area (TPSA) is 69.7 Å². The maximum Gasteiger partial charge on any atom is 0.242 e. The molecule has 0 saturated carbocycles. The number of halogens is 1. The quantitative estimate of drug-likeness (QED) is 0.882. The molecule has 1 aromatic carbocycles. The van der Waals surface area contributed by atoms with Crippen LogP contribution in [0.5, 0.6) is 0 Å². The standard InChI is InChI=1S/C19H24FN3O3/c1-13(24)21-11-18(26)22-10-9-19(2)16(22)7-8-17(25)23(19)12-14-5-3-4-6-15(14)20/h3-6,16H,7-12H2,1-2H3,(H,21,24)/t16-,19-/m0/s1. The fourth-order valence-electron chi connectivity index (χ4n) is 4.13. The summed E-state index contributed by atoms with van der Waals surface area (Å²) in [7, 11) is 0. The molecule has 6 nitrogen and oxygen atoms in total. The van der Waals surface area contributed by atoms with Gasteiger partial charge in [0.1, 0.15) is 5.82 Å². The maximum absolute atomic E-state index is 14.1. The smallest absolute Gasteiger partial charge is 0.242 e. The highest BCUT2D eigenvalue weighted by atomic mass is 19.1. The summed E-state index contributed by atoms with van der Waals surface area (Å²) in [5, 5.41) is 2.54. The van der Waals surface area contributed by atoms with Crippen LogP contribution in [0.15, 0.2) is 24.3 Å². The van der Waals surface area contributed by atoms with Crippen molar-refractivity contribution in [3.8, 4) is 0 Å². The molecule has 3 amide bonds. The largest absolute Gasteiger partial charge is 0.347 e. The molecule has 7 heteroatoms. The summed E-state index contributed by atoms with van der Waals surface area (Å²) in [5.41, 5.74) is -0.0468. The molecule has 1 N–H and O–H groups in total. The first kappa shape index (κ1) is 18.4. The molecule has 3 rings (SSSR count). The highest BCUT2D eigenvalue weighted by Crippen LogP contribution is 2.41. The van der Waals surface area contributed by atoms with Crippen molar-refractivity contribution in [2.75, 3.05) is 13.1 Å². The van der Waals surface area contributed by atoms with E-state index >= 15 is 0 Å². The number of hydrogen-bond donors (Lipinski definition) is 1. The van der Waals surface area contributed by atoms with Crippen molar-refractivity contribution in [3.05, 3.63) is 35.6 Å². The Balaban J connectivity index is 1.80. The number of piperidine rings is 1. The summed E-state index contributed by atoms with van der Waals surface area (Å²) in [6.45, 7) is 4.04. The average Bonchev–Trinajstić information content (AvgIpc) is 2.95. The highest BCUT2D eigenvalue weighted by molar-refractivity contribution is 5.85. The molecule has 0 bridgehead atoms. The summed E-state index contributed by atoms with van der Waals surface area (Å²) in [6, 6.07) is 6.34. The molecule has 0 aromatic heterocycles. The lowest BCUT2D eigenvalue weighted by atomic mass is 9.83. The minimum atomic E-state index is -0.524. The van der Waals surface area contributed by atoms with Crippen molar-refractivity contribution in [1.29, 1.82) is 0 Å². The lowest BCUT2D eigenvalue weighted by Gasteiger charge is -2.47. The van der Waals surface area contributed by atoms with E-state index in [1.807, 2.05) is 6.92 Å². The molecule has 2 aliphatic heterocycles. The number of fused-ring (bicyclic) bond motifs is 1. The highest BCUT2D eigenvalue weighted by Gasteiger charge is 2.53. The van der Waals surface area contributed by atoms with E-state index in [0.717, 1.165) is 0 Å². The summed E-state index contributed by atoms with van der Waals surface area (Å²) in [5.74, 6) is -0.736. The van der Waals surface area contributed by atoms with Gasteiger partial charge in [-0.1, -0.05) is 18.2 Å². The van der Waals surface area contributed by atoms with E-state index in [1.54, 1.807) is 28.0 Å². The van der Waals surface area contributed by atoms with E-state index in [4.69, 9.17) is 0 Å². The molecule has 2 atom stereocenters. The zero-order valence-corrected chi connectivity index (χ0v) is 15.1. The minimum Gasteiger partial charge on any atom is -0.347 e. The number of amides is 3. The minimum absolute atomic E-state index is 0.0110. The van der Waals surface area contributed by atoms with E-state index in [2.05, 4.69) is 5.32 Å². The molecule has 0 spiro atoms. The first-order valence-electron chi connectivity index (χ1n) is 8.90. The lowest BCUT2D eigenvalue weighted by molar-refractivity contribution is -0.148. The Kier molecular flexibility index (Phi) is 4.98. The zero-order chi connectivity index (χ0) is 18.9. The number of nitrogens with zero attached hydrogens (tertiary/aromatic N) is 2. The molecule has 0 unspecified atom stereocenters. The van der Waals surface area contributed by atoms with E-state index in [0.29, 0.717) is 31.4 Å². The Morgan fingerprint density at radius 3 is 2.77 bits per heavy atom. The third-order valence-corrected chi connectivity index (χ3v) is 5.60. The number of carbonyl (C=O) groups is 3. The normalized spacial score (nSPS) is 25.2. The summed E-state index contributed by atoms with van der Waals surface area (Å²) < 4.78 is 14.1. The van der Waals surface area contributed by atoms with Crippen LogP contribution in [0.2, 0.25) is 0 Å². The number of carbonyl (C=O) groups excluding carboxylic acids is 3. The van der Waals surface area contributed by atoms with E-state index in [-0.39, 0.29) is 42.7 Å². The van der Waals surface area contributed by atoms with Gasteiger partial charge >= 0.3 is 0 Å². The second-order valence-electron chi connectivity index (χ2n) is 7.23. The van der Waals surface area contributed by atoms with Crippen LogP contribution in [0.1, 0.15) is 38.7 Å². The number of rotatable bonds is 4. The van der Waals surface area contributed by atoms with Gasteiger partial charge in [-0.05, 0) is 25.8 Å². The average molecular weight is 361 g/mol. The lowest BCUT2D eigenvalue weighted by Crippen LogP contribution is -2.61. The van der Waals surface area contributed by atoms with Crippen molar-refractivity contribution < 1.29 is 18.8 Å². The monoisotopic (exact) mass is 361 g/mol. The maximum atomic E-state index is 14.1. The molecule has 1 aromatic rings. The van der Waals surface area contributed by atoms with Gasteiger partial charge in [0.05, 0.1) is 18.1 Å². The molecular formula is C19H24FN3O3. The Hall–Kier alpha value is -2.44. The summed E-state index contributed by atoms with van der Waals surface area (Å²) >= 11 is 0. The third kappa shape index (κ3) is 3.30. The Morgan fingerprint density at radius 1 is 1.35 bits per heavy atom. The van der Waals surface area contributed by atoms with Crippen molar-refractivity contribution in [2.45, 2.75) is 51.2 Å². The second kappa shape index (κ2) is 7.05. The SMILES string of the molecule is CC(=O)NCC(=O)N1CC[C@@]2(C)[C@@H]1CCC(=O)N2Cc1ccccc1F. The van der Waals surface area contributed by atoms with Gasteiger partial charge in [0.15, 0.2) is 0 Å². The van der Waals surface area contributed by atoms with Gasteiger partial charge in [-0.2, -0.15) is 0 Å². The van der Waals surface area contributed by atoms with Crippen LogP contribution in [-0.4, -0.2) is 52.2 Å². The second-order valence-corrected chi connectivity index (χ2v) is 7.23. The van der Waals surface area contributed by atoms with E-state index < -0.39 is 5.54 Å². The van der Waals surface area contributed by atoms with Gasteiger partial charge in [0.2, 0.25) is 17.7 Å². The van der Waals surface area contributed by atoms with Crippen molar-refractivity contribution in [2.24, 2.45) is 0 Å². The van der Waals surface area contributed by atoms with Crippen LogP contribution in [-0.2, 0) is 20.9 Å². The van der Waals surface area contributed by atoms with Gasteiger partial charge < -0.3 is 15.1 Å². The fourth-order valence-corrected chi connectivity index (χ4v) is 4.13. The molecule has 0 aliphatic carbocycles. The first-order chi connectivity index (χ1) is 12.3. The van der Waals surface area contributed by atoms with Crippen LogP contribution in [0, 0.1) is 5.82 Å². The summed E-state index contributed by atoms with van der Waals surface area (Å²) in [6.07, 6.45) is 1.57. The van der Waals surface area contributed by atoms with Crippen molar-refractivity contribution in [1.82, 2.24) is 15.1 Å². The fraction of sp³-hybridized carbons (Fsp3) is 0.526. The first-order valence-corrected chi connectivity index (χ1v) is 8.90. The molecule has 2 heterocycles. The number of hydrogen-bond acceptors (Lipinski definition) is 3. The molecule has 26 heavy (non-hydrogen) atoms. The molecular weight excluding hydrogens is 337 g/mol. The van der Waals surface area contributed by atoms with Crippen molar-refractivity contribution >= 4 is 17.7 Å². The Bertz CT molecular complexity index is 738. The Labute approximate surface area is 152 Å².